The molecule has 6 rings (SSSR count). The van der Waals surface area contributed by atoms with Gasteiger partial charge in [0.15, 0.2) is 5.79 Å². The van der Waals surface area contributed by atoms with Gasteiger partial charge in [-0.25, -0.2) is 4.79 Å². The molecule has 4 aliphatic rings. The van der Waals surface area contributed by atoms with E-state index in [2.05, 4.69) is 24.3 Å². The second-order valence-corrected chi connectivity index (χ2v) is 7.96. The molecule has 0 unspecified atom stereocenters. The third-order valence-corrected chi connectivity index (χ3v) is 6.51. The van der Waals surface area contributed by atoms with E-state index >= 15 is 0 Å². The van der Waals surface area contributed by atoms with E-state index in [0.717, 1.165) is 18.4 Å². The van der Waals surface area contributed by atoms with Crippen LogP contribution in [0.2, 0.25) is 0 Å². The van der Waals surface area contributed by atoms with Gasteiger partial charge in [-0.15, -0.1) is 0 Å². The summed E-state index contributed by atoms with van der Waals surface area (Å²) in [6.07, 6.45) is 1.34. The molecular formula is C23H25NO4. The minimum Gasteiger partial charge on any atom is -0.445 e. The van der Waals surface area contributed by atoms with Crippen LogP contribution in [-0.4, -0.2) is 43.1 Å². The Morgan fingerprint density at radius 2 is 1.75 bits per heavy atom. The second kappa shape index (κ2) is 6.90. The first-order valence-electron chi connectivity index (χ1n) is 9.98. The summed E-state index contributed by atoms with van der Waals surface area (Å²) in [5.41, 5.74) is 3.62. The van der Waals surface area contributed by atoms with E-state index in [4.69, 9.17) is 14.2 Å². The van der Waals surface area contributed by atoms with Crippen molar-refractivity contribution in [3.8, 4) is 0 Å². The summed E-state index contributed by atoms with van der Waals surface area (Å²) in [6, 6.07) is 18.4. The zero-order valence-corrected chi connectivity index (χ0v) is 16.0. The van der Waals surface area contributed by atoms with Crippen LogP contribution in [0.15, 0.2) is 54.6 Å². The van der Waals surface area contributed by atoms with Crippen LogP contribution < -0.4 is 0 Å². The summed E-state index contributed by atoms with van der Waals surface area (Å²) in [7, 11) is 1.85. The molecule has 1 saturated heterocycles. The maximum Gasteiger partial charge on any atom is 0.410 e. The Bertz CT molecular complexity index is 862. The van der Waals surface area contributed by atoms with Gasteiger partial charge in [0.2, 0.25) is 0 Å². The van der Waals surface area contributed by atoms with E-state index in [1.54, 1.807) is 4.90 Å². The average Bonchev–Trinajstić information content (AvgIpc) is 3.20. The van der Waals surface area contributed by atoms with Crippen LogP contribution in [0.3, 0.4) is 0 Å². The van der Waals surface area contributed by atoms with E-state index < -0.39 is 5.79 Å². The zero-order valence-electron chi connectivity index (χ0n) is 16.0. The van der Waals surface area contributed by atoms with Gasteiger partial charge < -0.3 is 19.1 Å². The molecule has 5 heteroatoms. The van der Waals surface area contributed by atoms with Crippen LogP contribution in [0, 0.1) is 0 Å². The molecule has 2 aromatic carbocycles. The minimum atomic E-state index is -0.524. The van der Waals surface area contributed by atoms with Gasteiger partial charge in [0.1, 0.15) is 6.61 Å². The number of nitrogens with zero attached hydrogens (tertiary/aromatic N) is 1. The van der Waals surface area contributed by atoms with Crippen molar-refractivity contribution in [1.29, 1.82) is 0 Å². The molecule has 2 aromatic rings. The van der Waals surface area contributed by atoms with E-state index in [1.807, 2.05) is 37.4 Å². The number of hydrogen-bond acceptors (Lipinski definition) is 4. The fourth-order valence-corrected chi connectivity index (χ4v) is 5.19. The number of fused-ring (bicyclic) bond motifs is 1. The van der Waals surface area contributed by atoms with Crippen molar-refractivity contribution in [3.63, 3.8) is 0 Å². The number of amides is 1. The normalized spacial score (nSPS) is 26.8. The highest BCUT2D eigenvalue weighted by Crippen LogP contribution is 2.58. The summed E-state index contributed by atoms with van der Waals surface area (Å²) in [5, 5.41) is 0. The van der Waals surface area contributed by atoms with Gasteiger partial charge in [-0.2, -0.15) is 0 Å². The standard InChI is InChI=1S/C23H25NO4/c1-24(22(25)26-15-16-7-3-2-4-8-16)21-13-20-18-10-6-5-9-17(18)19(21)14-23(20)27-11-12-28-23/h2-10,19-21H,11-15H2,1H3/t19-,20+,21+/m1/s1. The third kappa shape index (κ3) is 2.81. The first-order valence-corrected chi connectivity index (χ1v) is 9.98. The molecule has 0 N–H and O–H groups in total. The van der Waals surface area contributed by atoms with Crippen molar-refractivity contribution in [2.45, 2.75) is 43.1 Å². The van der Waals surface area contributed by atoms with Crippen molar-refractivity contribution in [3.05, 3.63) is 71.3 Å². The predicted molar refractivity (Wildman–Crippen MR) is 104 cm³/mol. The molecule has 146 valence electrons. The lowest BCUT2D eigenvalue weighted by atomic mass is 9.61. The number of benzene rings is 2. The molecule has 1 amide bonds. The summed E-state index contributed by atoms with van der Waals surface area (Å²) in [5.74, 6) is -0.191. The molecular weight excluding hydrogens is 354 g/mol. The van der Waals surface area contributed by atoms with Gasteiger partial charge in [0.25, 0.3) is 0 Å². The number of ether oxygens (including phenoxy) is 3. The summed E-state index contributed by atoms with van der Waals surface area (Å²) < 4.78 is 17.8. The topological polar surface area (TPSA) is 48.0 Å². The van der Waals surface area contributed by atoms with Gasteiger partial charge in [0, 0.05) is 31.3 Å². The van der Waals surface area contributed by atoms with Crippen molar-refractivity contribution >= 4 is 6.09 Å². The van der Waals surface area contributed by atoms with Crippen LogP contribution in [0.25, 0.3) is 0 Å². The van der Waals surface area contributed by atoms with E-state index in [9.17, 15) is 4.79 Å². The summed E-state index contributed by atoms with van der Waals surface area (Å²) >= 11 is 0. The number of rotatable bonds is 3. The Labute approximate surface area is 165 Å². The molecule has 3 atom stereocenters. The van der Waals surface area contributed by atoms with Crippen molar-refractivity contribution < 1.29 is 19.0 Å². The first kappa shape index (κ1) is 17.7. The third-order valence-electron chi connectivity index (χ3n) is 6.51. The average molecular weight is 379 g/mol. The first-order chi connectivity index (χ1) is 13.7. The molecule has 28 heavy (non-hydrogen) atoms. The fourth-order valence-electron chi connectivity index (χ4n) is 5.19. The van der Waals surface area contributed by atoms with Crippen molar-refractivity contribution in [1.82, 2.24) is 4.90 Å². The van der Waals surface area contributed by atoms with Crippen LogP contribution in [0.1, 0.15) is 41.4 Å². The van der Waals surface area contributed by atoms with Gasteiger partial charge in [0.05, 0.1) is 13.2 Å². The molecule has 1 heterocycles. The SMILES string of the molecule is CN(C(=O)OCc1ccccc1)[C@H]1C[C@H]2c3ccccc3[C@H]1CC21OCCO1. The van der Waals surface area contributed by atoms with Gasteiger partial charge in [-0.1, -0.05) is 54.6 Å². The van der Waals surface area contributed by atoms with Gasteiger partial charge in [-0.05, 0) is 23.1 Å². The van der Waals surface area contributed by atoms with Crippen LogP contribution in [-0.2, 0) is 20.8 Å². The van der Waals surface area contributed by atoms with Crippen LogP contribution in [0.5, 0.6) is 0 Å². The number of carbonyl (C=O) groups excluding carboxylic acids is 1. The number of carbonyl (C=O) groups is 1. The largest absolute Gasteiger partial charge is 0.445 e. The van der Waals surface area contributed by atoms with Crippen LogP contribution >= 0.6 is 0 Å². The molecule has 1 aliphatic heterocycles. The lowest BCUT2D eigenvalue weighted by Gasteiger charge is -2.54. The maximum absolute atomic E-state index is 12.8. The number of hydrogen-bond donors (Lipinski definition) is 0. The highest BCUT2D eigenvalue weighted by Gasteiger charge is 2.58. The second-order valence-electron chi connectivity index (χ2n) is 7.96. The predicted octanol–water partition coefficient (Wildman–Crippen LogP) is 4.04. The Hall–Kier alpha value is -2.37. The Kier molecular flexibility index (Phi) is 4.37. The van der Waals surface area contributed by atoms with Crippen molar-refractivity contribution in [2.75, 3.05) is 20.3 Å². The van der Waals surface area contributed by atoms with Gasteiger partial charge >= 0.3 is 6.09 Å². The summed E-state index contributed by atoms with van der Waals surface area (Å²) in [4.78, 5) is 14.5. The zero-order chi connectivity index (χ0) is 19.1. The minimum absolute atomic E-state index is 0.0848. The van der Waals surface area contributed by atoms with Gasteiger partial charge in [-0.3, -0.25) is 0 Å². The molecule has 2 fully saturated rings. The molecule has 0 aromatic heterocycles. The lowest BCUT2D eigenvalue weighted by Crippen LogP contribution is -2.56. The number of likely N-dealkylation sites (N-methyl/N-ethyl adjacent to an activating group) is 1. The monoisotopic (exact) mass is 379 g/mol. The molecule has 1 spiro atoms. The Balaban J connectivity index is 1.36. The van der Waals surface area contributed by atoms with E-state index in [-0.39, 0.29) is 30.6 Å². The molecule has 3 aliphatic carbocycles. The lowest BCUT2D eigenvalue weighted by molar-refractivity contribution is -0.207. The Morgan fingerprint density at radius 1 is 1.07 bits per heavy atom. The molecule has 5 nitrogen and oxygen atoms in total. The van der Waals surface area contributed by atoms with Crippen molar-refractivity contribution in [2.24, 2.45) is 0 Å². The van der Waals surface area contributed by atoms with E-state index in [0.29, 0.717) is 13.2 Å². The molecule has 0 radical (unpaired) electrons. The van der Waals surface area contributed by atoms with E-state index in [1.165, 1.54) is 11.1 Å². The maximum atomic E-state index is 12.8. The smallest absolute Gasteiger partial charge is 0.410 e. The highest BCUT2D eigenvalue weighted by atomic mass is 16.7. The molecule has 1 saturated carbocycles. The molecule has 2 bridgehead atoms. The Morgan fingerprint density at radius 3 is 2.50 bits per heavy atom. The fraction of sp³-hybridized carbons (Fsp3) is 0.435. The highest BCUT2D eigenvalue weighted by molar-refractivity contribution is 5.68. The quantitative estimate of drug-likeness (QED) is 0.808. The van der Waals surface area contributed by atoms with Crippen LogP contribution in [0.4, 0.5) is 4.79 Å². The summed E-state index contributed by atoms with van der Waals surface area (Å²) in [6.45, 7) is 1.58.